The van der Waals surface area contributed by atoms with Gasteiger partial charge in [-0.3, -0.25) is 29.4 Å². The van der Waals surface area contributed by atoms with Crippen LogP contribution in [0.3, 0.4) is 0 Å². The third kappa shape index (κ3) is 3.22. The van der Waals surface area contributed by atoms with Crippen LogP contribution in [0.5, 0.6) is 5.75 Å². The number of hydrogen-bond acceptors (Lipinski definition) is 6. The molecule has 2 unspecified atom stereocenters. The number of anilines is 1. The number of rotatable bonds is 4. The van der Waals surface area contributed by atoms with Gasteiger partial charge in [-0.05, 0) is 43.2 Å². The largest absolute Gasteiger partial charge is 0.508 e. The molecule has 2 aliphatic rings. The Kier molecular flexibility index (Phi) is 4.54. The number of piperidine rings is 1. The fourth-order valence-corrected chi connectivity index (χ4v) is 3.71. The van der Waals surface area contributed by atoms with Crippen molar-refractivity contribution in [2.45, 2.75) is 31.8 Å². The SMILES string of the molecule is CC(Nc1cccc2c1C(=O)N(C1CCC(=O)NC1=O)C2=O)c1ccc(O)cc1. The van der Waals surface area contributed by atoms with E-state index in [0.29, 0.717) is 5.69 Å². The van der Waals surface area contributed by atoms with Crippen molar-refractivity contribution in [1.29, 1.82) is 0 Å². The van der Waals surface area contributed by atoms with E-state index in [1.54, 1.807) is 42.5 Å². The lowest BCUT2D eigenvalue weighted by molar-refractivity contribution is -0.136. The van der Waals surface area contributed by atoms with E-state index in [1.807, 2.05) is 6.92 Å². The highest BCUT2D eigenvalue weighted by atomic mass is 16.3. The summed E-state index contributed by atoms with van der Waals surface area (Å²) in [5, 5.41) is 14.9. The molecule has 0 radical (unpaired) electrons. The maximum atomic E-state index is 13.1. The second-order valence-corrected chi connectivity index (χ2v) is 7.13. The molecule has 4 amide bonds. The predicted octanol–water partition coefficient (Wildman–Crippen LogP) is 1.97. The Hall–Kier alpha value is -3.68. The first-order chi connectivity index (χ1) is 13.9. The molecule has 8 heteroatoms. The minimum absolute atomic E-state index is 0.0762. The van der Waals surface area contributed by atoms with Gasteiger partial charge in [-0.1, -0.05) is 18.2 Å². The lowest BCUT2D eigenvalue weighted by Crippen LogP contribution is -2.54. The highest BCUT2D eigenvalue weighted by Gasteiger charge is 2.45. The Bertz CT molecular complexity index is 1030. The Morgan fingerprint density at radius 3 is 2.48 bits per heavy atom. The lowest BCUT2D eigenvalue weighted by atomic mass is 10.0. The second-order valence-electron chi connectivity index (χ2n) is 7.13. The minimum atomic E-state index is -0.998. The molecule has 3 N–H and O–H groups in total. The molecule has 0 aliphatic carbocycles. The zero-order valence-electron chi connectivity index (χ0n) is 15.6. The molecule has 2 atom stereocenters. The van der Waals surface area contributed by atoms with Crippen LogP contribution in [0.25, 0.3) is 0 Å². The van der Waals surface area contributed by atoms with Crippen molar-refractivity contribution in [2.75, 3.05) is 5.32 Å². The number of carbonyl (C=O) groups is 4. The Labute approximate surface area is 166 Å². The molecule has 1 fully saturated rings. The van der Waals surface area contributed by atoms with Crippen molar-refractivity contribution in [3.8, 4) is 5.75 Å². The minimum Gasteiger partial charge on any atom is -0.508 e. The average molecular weight is 393 g/mol. The number of phenols is 1. The van der Waals surface area contributed by atoms with Gasteiger partial charge >= 0.3 is 0 Å². The molecule has 0 spiro atoms. The number of imide groups is 2. The summed E-state index contributed by atoms with van der Waals surface area (Å²) < 4.78 is 0. The van der Waals surface area contributed by atoms with Crippen LogP contribution in [0.4, 0.5) is 5.69 Å². The second kappa shape index (κ2) is 7.05. The summed E-state index contributed by atoms with van der Waals surface area (Å²) in [5.74, 6) is -1.99. The van der Waals surface area contributed by atoms with Gasteiger partial charge < -0.3 is 10.4 Å². The van der Waals surface area contributed by atoms with E-state index in [9.17, 15) is 24.3 Å². The Balaban J connectivity index is 1.63. The maximum absolute atomic E-state index is 13.1. The first-order valence-electron chi connectivity index (χ1n) is 9.27. The van der Waals surface area contributed by atoms with E-state index in [1.165, 1.54) is 0 Å². The van der Waals surface area contributed by atoms with Crippen LogP contribution >= 0.6 is 0 Å². The molecule has 2 heterocycles. The molecular formula is C21H19N3O5. The maximum Gasteiger partial charge on any atom is 0.264 e. The van der Waals surface area contributed by atoms with Crippen molar-refractivity contribution < 1.29 is 24.3 Å². The molecule has 0 bridgehead atoms. The standard InChI is InChI=1S/C21H19N3O5/c1-11(12-5-7-13(25)8-6-12)22-15-4-2-3-14-18(15)21(29)24(20(14)28)16-9-10-17(26)23-19(16)27/h2-8,11,16,22,25H,9-10H2,1H3,(H,23,26,27). The highest BCUT2D eigenvalue weighted by Crippen LogP contribution is 2.34. The van der Waals surface area contributed by atoms with Gasteiger partial charge in [0, 0.05) is 18.2 Å². The topological polar surface area (TPSA) is 116 Å². The van der Waals surface area contributed by atoms with Crippen LogP contribution in [-0.2, 0) is 9.59 Å². The Morgan fingerprint density at radius 2 is 1.79 bits per heavy atom. The summed E-state index contributed by atoms with van der Waals surface area (Å²) in [6.07, 6.45) is 0.190. The van der Waals surface area contributed by atoms with Crippen LogP contribution < -0.4 is 10.6 Å². The predicted molar refractivity (Wildman–Crippen MR) is 103 cm³/mol. The molecule has 2 aromatic carbocycles. The van der Waals surface area contributed by atoms with Gasteiger partial charge in [0.15, 0.2) is 0 Å². The van der Waals surface area contributed by atoms with E-state index in [0.717, 1.165) is 10.5 Å². The molecule has 29 heavy (non-hydrogen) atoms. The molecular weight excluding hydrogens is 374 g/mol. The third-order valence-corrected chi connectivity index (χ3v) is 5.23. The van der Waals surface area contributed by atoms with Gasteiger partial charge in [0.05, 0.1) is 11.1 Å². The van der Waals surface area contributed by atoms with Crippen molar-refractivity contribution in [1.82, 2.24) is 10.2 Å². The average Bonchev–Trinajstić information content (AvgIpc) is 2.94. The Morgan fingerprint density at radius 1 is 1.07 bits per heavy atom. The molecule has 2 aromatic rings. The van der Waals surface area contributed by atoms with Gasteiger partial charge in [-0.15, -0.1) is 0 Å². The first kappa shape index (κ1) is 18.7. The van der Waals surface area contributed by atoms with Gasteiger partial charge in [0.1, 0.15) is 11.8 Å². The summed E-state index contributed by atoms with van der Waals surface area (Å²) in [4.78, 5) is 50.5. The van der Waals surface area contributed by atoms with E-state index in [-0.39, 0.29) is 35.8 Å². The summed E-state index contributed by atoms with van der Waals surface area (Å²) in [6, 6.07) is 10.4. The van der Waals surface area contributed by atoms with E-state index >= 15 is 0 Å². The van der Waals surface area contributed by atoms with Gasteiger partial charge in [-0.2, -0.15) is 0 Å². The number of amides is 4. The van der Waals surface area contributed by atoms with Crippen LogP contribution in [0, 0.1) is 0 Å². The van der Waals surface area contributed by atoms with Crippen molar-refractivity contribution in [2.24, 2.45) is 0 Å². The van der Waals surface area contributed by atoms with E-state index < -0.39 is 29.7 Å². The number of nitrogens with one attached hydrogen (secondary N) is 2. The third-order valence-electron chi connectivity index (χ3n) is 5.23. The quantitative estimate of drug-likeness (QED) is 0.684. The number of nitrogens with zero attached hydrogens (tertiary/aromatic N) is 1. The summed E-state index contributed by atoms with van der Waals surface area (Å²) in [7, 11) is 0. The van der Waals surface area contributed by atoms with Crippen LogP contribution in [-0.4, -0.2) is 39.7 Å². The van der Waals surface area contributed by atoms with Gasteiger partial charge in [-0.25, -0.2) is 0 Å². The van der Waals surface area contributed by atoms with Crippen LogP contribution in [0.15, 0.2) is 42.5 Å². The fourth-order valence-electron chi connectivity index (χ4n) is 3.71. The zero-order chi connectivity index (χ0) is 20.7. The molecule has 0 saturated carbocycles. The summed E-state index contributed by atoms with van der Waals surface area (Å²) in [6.45, 7) is 1.89. The fraction of sp³-hybridized carbons (Fsp3) is 0.238. The van der Waals surface area contributed by atoms with Crippen LogP contribution in [0.2, 0.25) is 0 Å². The van der Waals surface area contributed by atoms with Gasteiger partial charge in [0.2, 0.25) is 11.8 Å². The molecule has 2 aliphatic heterocycles. The highest BCUT2D eigenvalue weighted by molar-refractivity contribution is 6.25. The summed E-state index contributed by atoms with van der Waals surface area (Å²) >= 11 is 0. The number of fused-ring (bicyclic) bond motifs is 1. The first-order valence-corrected chi connectivity index (χ1v) is 9.27. The van der Waals surface area contributed by atoms with Crippen LogP contribution in [0.1, 0.15) is 52.1 Å². The number of benzene rings is 2. The number of phenolic OH excluding ortho intramolecular Hbond substituents is 1. The zero-order valence-corrected chi connectivity index (χ0v) is 15.6. The number of hydrogen-bond donors (Lipinski definition) is 3. The molecule has 8 nitrogen and oxygen atoms in total. The number of carbonyl (C=O) groups excluding carboxylic acids is 4. The molecule has 1 saturated heterocycles. The van der Waals surface area contributed by atoms with Crippen molar-refractivity contribution in [3.63, 3.8) is 0 Å². The van der Waals surface area contributed by atoms with Crippen molar-refractivity contribution in [3.05, 3.63) is 59.2 Å². The monoisotopic (exact) mass is 393 g/mol. The normalized spacial score (nSPS) is 19.8. The van der Waals surface area contributed by atoms with E-state index in [2.05, 4.69) is 10.6 Å². The lowest BCUT2D eigenvalue weighted by Gasteiger charge is -2.28. The van der Waals surface area contributed by atoms with Crippen molar-refractivity contribution >= 4 is 29.3 Å². The molecule has 0 aromatic heterocycles. The molecule has 4 rings (SSSR count). The summed E-state index contributed by atoms with van der Waals surface area (Å²) in [5.41, 5.74) is 1.81. The van der Waals surface area contributed by atoms with E-state index in [4.69, 9.17) is 0 Å². The number of aromatic hydroxyl groups is 1. The molecule has 148 valence electrons. The van der Waals surface area contributed by atoms with Gasteiger partial charge in [0.25, 0.3) is 11.8 Å². The smallest absolute Gasteiger partial charge is 0.264 e.